The molecule has 3 rings (SSSR count). The van der Waals surface area contributed by atoms with E-state index in [4.69, 9.17) is 0 Å². The van der Waals surface area contributed by atoms with Gasteiger partial charge in [0.1, 0.15) is 0 Å². The number of amides is 1. The first-order chi connectivity index (χ1) is 11.5. The average Bonchev–Trinajstić information content (AvgIpc) is 2.85. The SMILES string of the molecule is Cc1[nH]c2ccccc2c1CC(=O)Nc1ccc(CN(C)C)cc1. The number of hydrogen-bond donors (Lipinski definition) is 2. The van der Waals surface area contributed by atoms with Crippen LogP contribution >= 0.6 is 0 Å². The lowest BCUT2D eigenvalue weighted by Gasteiger charge is -2.10. The fraction of sp³-hybridized carbons (Fsp3) is 0.250. The lowest BCUT2D eigenvalue weighted by Crippen LogP contribution is -2.15. The summed E-state index contributed by atoms with van der Waals surface area (Å²) in [5, 5.41) is 4.10. The summed E-state index contributed by atoms with van der Waals surface area (Å²) >= 11 is 0. The molecule has 0 atom stereocenters. The molecule has 3 aromatic rings. The van der Waals surface area contributed by atoms with Gasteiger partial charge in [-0.25, -0.2) is 0 Å². The minimum atomic E-state index is 0.00297. The number of aryl methyl sites for hydroxylation is 1. The van der Waals surface area contributed by atoms with E-state index < -0.39 is 0 Å². The Kier molecular flexibility index (Phi) is 4.67. The lowest BCUT2D eigenvalue weighted by atomic mass is 10.1. The molecule has 1 heterocycles. The van der Waals surface area contributed by atoms with Crippen molar-refractivity contribution in [3.63, 3.8) is 0 Å². The van der Waals surface area contributed by atoms with Gasteiger partial charge in [-0.1, -0.05) is 30.3 Å². The number of carbonyl (C=O) groups is 1. The molecule has 1 aromatic heterocycles. The van der Waals surface area contributed by atoms with Gasteiger partial charge in [-0.05, 0) is 50.3 Å². The van der Waals surface area contributed by atoms with Gasteiger partial charge in [-0.3, -0.25) is 4.79 Å². The number of hydrogen-bond acceptors (Lipinski definition) is 2. The summed E-state index contributed by atoms with van der Waals surface area (Å²) in [6.45, 7) is 2.90. The van der Waals surface area contributed by atoms with E-state index in [0.29, 0.717) is 6.42 Å². The highest BCUT2D eigenvalue weighted by atomic mass is 16.1. The number of nitrogens with one attached hydrogen (secondary N) is 2. The molecule has 2 N–H and O–H groups in total. The Hall–Kier alpha value is -2.59. The summed E-state index contributed by atoms with van der Waals surface area (Å²) in [5.74, 6) is 0.00297. The highest BCUT2D eigenvalue weighted by Gasteiger charge is 2.12. The highest BCUT2D eigenvalue weighted by molar-refractivity contribution is 5.96. The smallest absolute Gasteiger partial charge is 0.228 e. The molecule has 0 radical (unpaired) electrons. The molecule has 24 heavy (non-hydrogen) atoms. The summed E-state index contributed by atoms with van der Waals surface area (Å²) in [7, 11) is 4.08. The third kappa shape index (κ3) is 3.66. The van der Waals surface area contributed by atoms with Gasteiger partial charge in [-0.2, -0.15) is 0 Å². The topological polar surface area (TPSA) is 48.1 Å². The van der Waals surface area contributed by atoms with Gasteiger partial charge in [0, 0.05) is 28.8 Å². The van der Waals surface area contributed by atoms with Crippen LogP contribution in [0.5, 0.6) is 0 Å². The van der Waals surface area contributed by atoms with Gasteiger partial charge in [0.2, 0.25) is 5.91 Å². The van der Waals surface area contributed by atoms with Crippen LogP contribution in [0.15, 0.2) is 48.5 Å². The van der Waals surface area contributed by atoms with Crippen molar-refractivity contribution in [1.29, 1.82) is 0 Å². The zero-order chi connectivity index (χ0) is 17.1. The molecular formula is C20H23N3O. The maximum Gasteiger partial charge on any atom is 0.228 e. The zero-order valence-electron chi connectivity index (χ0n) is 14.4. The van der Waals surface area contributed by atoms with E-state index in [1.165, 1.54) is 5.56 Å². The van der Waals surface area contributed by atoms with Crippen molar-refractivity contribution in [2.45, 2.75) is 19.9 Å². The van der Waals surface area contributed by atoms with Crippen molar-refractivity contribution < 1.29 is 4.79 Å². The fourth-order valence-electron chi connectivity index (χ4n) is 2.99. The molecule has 0 aliphatic heterocycles. The van der Waals surface area contributed by atoms with E-state index in [9.17, 15) is 4.79 Å². The molecule has 2 aromatic carbocycles. The van der Waals surface area contributed by atoms with Gasteiger partial charge in [0.15, 0.2) is 0 Å². The van der Waals surface area contributed by atoms with Gasteiger partial charge in [0.25, 0.3) is 0 Å². The molecule has 0 spiro atoms. The predicted molar refractivity (Wildman–Crippen MR) is 99.2 cm³/mol. The number of para-hydroxylation sites is 1. The minimum Gasteiger partial charge on any atom is -0.358 e. The maximum atomic E-state index is 12.4. The van der Waals surface area contributed by atoms with Crippen molar-refractivity contribution >= 4 is 22.5 Å². The monoisotopic (exact) mass is 321 g/mol. The number of H-pyrrole nitrogens is 1. The van der Waals surface area contributed by atoms with Crippen LogP contribution in [-0.2, 0) is 17.8 Å². The first-order valence-electron chi connectivity index (χ1n) is 8.12. The van der Waals surface area contributed by atoms with Crippen molar-refractivity contribution in [2.75, 3.05) is 19.4 Å². The van der Waals surface area contributed by atoms with Gasteiger partial charge < -0.3 is 15.2 Å². The average molecular weight is 321 g/mol. The van der Waals surface area contributed by atoms with Crippen LogP contribution < -0.4 is 5.32 Å². The summed E-state index contributed by atoms with van der Waals surface area (Å²) in [4.78, 5) is 17.9. The van der Waals surface area contributed by atoms with Crippen LogP contribution in [0, 0.1) is 6.92 Å². The number of rotatable bonds is 5. The first-order valence-corrected chi connectivity index (χ1v) is 8.12. The Morgan fingerprint density at radius 3 is 2.50 bits per heavy atom. The molecule has 0 aliphatic rings. The second-order valence-electron chi connectivity index (χ2n) is 6.43. The quantitative estimate of drug-likeness (QED) is 0.752. The van der Waals surface area contributed by atoms with Crippen molar-refractivity contribution in [1.82, 2.24) is 9.88 Å². The number of aromatic nitrogens is 1. The molecule has 1 amide bonds. The van der Waals surface area contributed by atoms with Crippen LogP contribution in [0.3, 0.4) is 0 Å². The Morgan fingerprint density at radius 2 is 1.79 bits per heavy atom. The van der Waals surface area contributed by atoms with Crippen molar-refractivity contribution in [2.24, 2.45) is 0 Å². The Morgan fingerprint density at radius 1 is 1.08 bits per heavy atom. The number of benzene rings is 2. The van der Waals surface area contributed by atoms with Crippen LogP contribution in [0.2, 0.25) is 0 Å². The molecule has 124 valence electrons. The molecule has 0 saturated heterocycles. The standard InChI is InChI=1S/C20H23N3O/c1-14-18(17-6-4-5-7-19(17)21-14)12-20(24)22-16-10-8-15(9-11-16)13-23(2)3/h4-11,21H,12-13H2,1-3H3,(H,22,24). The van der Waals surface area contributed by atoms with Crippen LogP contribution in [0.1, 0.15) is 16.8 Å². The third-order valence-electron chi connectivity index (χ3n) is 4.10. The second kappa shape index (κ2) is 6.89. The molecule has 0 aliphatic carbocycles. The zero-order valence-corrected chi connectivity index (χ0v) is 14.4. The van der Waals surface area contributed by atoms with Crippen LogP contribution in [0.4, 0.5) is 5.69 Å². The number of anilines is 1. The van der Waals surface area contributed by atoms with Gasteiger partial charge in [0.05, 0.1) is 6.42 Å². The van der Waals surface area contributed by atoms with Crippen LogP contribution in [-0.4, -0.2) is 29.9 Å². The summed E-state index contributed by atoms with van der Waals surface area (Å²) in [6.07, 6.45) is 0.370. The van der Waals surface area contributed by atoms with E-state index in [2.05, 4.69) is 21.3 Å². The van der Waals surface area contributed by atoms with E-state index in [0.717, 1.165) is 34.4 Å². The fourth-order valence-corrected chi connectivity index (χ4v) is 2.99. The molecule has 4 nitrogen and oxygen atoms in total. The summed E-state index contributed by atoms with van der Waals surface area (Å²) < 4.78 is 0. The summed E-state index contributed by atoms with van der Waals surface area (Å²) in [6, 6.07) is 16.1. The number of carbonyl (C=O) groups excluding carboxylic acids is 1. The molecular weight excluding hydrogens is 298 g/mol. The maximum absolute atomic E-state index is 12.4. The number of fused-ring (bicyclic) bond motifs is 1. The third-order valence-corrected chi connectivity index (χ3v) is 4.10. The van der Waals surface area contributed by atoms with E-state index in [1.54, 1.807) is 0 Å². The van der Waals surface area contributed by atoms with Crippen LogP contribution in [0.25, 0.3) is 10.9 Å². The van der Waals surface area contributed by atoms with Crippen molar-refractivity contribution in [3.05, 3.63) is 65.4 Å². The number of aromatic amines is 1. The molecule has 0 bridgehead atoms. The highest BCUT2D eigenvalue weighted by Crippen LogP contribution is 2.22. The molecule has 0 unspecified atom stereocenters. The van der Waals surface area contributed by atoms with Gasteiger partial charge >= 0.3 is 0 Å². The first kappa shape index (κ1) is 16.3. The Balaban J connectivity index is 1.70. The molecule has 4 heteroatoms. The largest absolute Gasteiger partial charge is 0.358 e. The predicted octanol–water partition coefficient (Wildman–Crippen LogP) is 3.72. The molecule has 0 fully saturated rings. The Labute approximate surface area is 142 Å². The molecule has 0 saturated carbocycles. The second-order valence-corrected chi connectivity index (χ2v) is 6.43. The van der Waals surface area contributed by atoms with E-state index in [-0.39, 0.29) is 5.91 Å². The van der Waals surface area contributed by atoms with E-state index >= 15 is 0 Å². The van der Waals surface area contributed by atoms with Crippen molar-refractivity contribution in [3.8, 4) is 0 Å². The van der Waals surface area contributed by atoms with E-state index in [1.807, 2.05) is 63.5 Å². The number of nitrogens with zero attached hydrogens (tertiary/aromatic N) is 1. The Bertz CT molecular complexity index is 847. The normalized spacial score (nSPS) is 11.2. The lowest BCUT2D eigenvalue weighted by molar-refractivity contribution is -0.115. The summed E-state index contributed by atoms with van der Waals surface area (Å²) in [5.41, 5.74) is 5.25. The minimum absolute atomic E-state index is 0.00297. The van der Waals surface area contributed by atoms with Gasteiger partial charge in [-0.15, -0.1) is 0 Å².